The minimum absolute atomic E-state index is 0.306. The summed E-state index contributed by atoms with van der Waals surface area (Å²) in [5.74, 6) is -0.306. The van der Waals surface area contributed by atoms with E-state index < -0.39 is 0 Å². The number of rotatable bonds is 2. The van der Waals surface area contributed by atoms with Gasteiger partial charge in [0.1, 0.15) is 0 Å². The molecule has 0 radical (unpaired) electrons. The molecule has 1 aliphatic rings. The number of ether oxygens (including phenoxy) is 2. The van der Waals surface area contributed by atoms with Gasteiger partial charge in [0.15, 0.2) is 5.79 Å². The maximum atomic E-state index is 8.07. The molecule has 1 aliphatic heterocycles. The highest BCUT2D eigenvalue weighted by Gasteiger charge is 2.23. The predicted molar refractivity (Wildman–Crippen MR) is 48.0 cm³/mol. The first-order valence-corrected chi connectivity index (χ1v) is 4.51. The van der Waals surface area contributed by atoms with Crippen molar-refractivity contribution < 1.29 is 14.6 Å². The van der Waals surface area contributed by atoms with E-state index in [2.05, 4.69) is 6.92 Å². The van der Waals surface area contributed by atoms with Gasteiger partial charge in [-0.1, -0.05) is 13.3 Å². The third kappa shape index (κ3) is 6.58. The average Bonchev–Trinajstić information content (AvgIpc) is 2.37. The van der Waals surface area contributed by atoms with E-state index in [1.807, 2.05) is 13.8 Å². The summed E-state index contributed by atoms with van der Waals surface area (Å²) in [7, 11) is 0. The lowest BCUT2D eigenvalue weighted by atomic mass is 10.4. The molecule has 3 heteroatoms. The van der Waals surface area contributed by atoms with E-state index in [9.17, 15) is 0 Å². The zero-order chi connectivity index (χ0) is 9.45. The second-order valence-corrected chi connectivity index (χ2v) is 3.17. The van der Waals surface area contributed by atoms with Gasteiger partial charge in [-0.05, 0) is 20.3 Å². The first kappa shape index (κ1) is 11.9. The molecule has 0 bridgehead atoms. The molecule has 0 aromatic rings. The Hall–Kier alpha value is -0.120. The van der Waals surface area contributed by atoms with Crippen LogP contribution >= 0.6 is 0 Å². The zero-order valence-electron chi connectivity index (χ0n) is 8.30. The van der Waals surface area contributed by atoms with E-state index >= 15 is 0 Å². The highest BCUT2D eigenvalue weighted by Crippen LogP contribution is 2.15. The molecule has 0 amide bonds. The maximum absolute atomic E-state index is 8.07. The quantitative estimate of drug-likeness (QED) is 0.693. The Morgan fingerprint density at radius 1 is 1.25 bits per heavy atom. The Kier molecular flexibility index (Phi) is 6.34. The topological polar surface area (TPSA) is 38.7 Å². The average molecular weight is 176 g/mol. The molecule has 1 fully saturated rings. The first-order chi connectivity index (χ1) is 5.62. The summed E-state index contributed by atoms with van der Waals surface area (Å²) in [6.45, 7) is 7.72. The minimum atomic E-state index is -0.306. The summed E-state index contributed by atoms with van der Waals surface area (Å²) in [6.07, 6.45) is 2.04. The number of hydrogen-bond donors (Lipinski definition) is 1. The Balaban J connectivity index is 0.000000217. The van der Waals surface area contributed by atoms with Crippen molar-refractivity contribution in [3.8, 4) is 0 Å². The third-order valence-electron chi connectivity index (χ3n) is 1.49. The second kappa shape index (κ2) is 6.40. The fraction of sp³-hybridized carbons (Fsp3) is 1.00. The summed E-state index contributed by atoms with van der Waals surface area (Å²) in [5.41, 5.74) is 0. The highest BCUT2D eigenvalue weighted by atomic mass is 16.7. The maximum Gasteiger partial charge on any atom is 0.162 e. The first-order valence-electron chi connectivity index (χ1n) is 4.51. The summed E-state index contributed by atoms with van der Waals surface area (Å²) in [5, 5.41) is 8.07. The van der Waals surface area contributed by atoms with Gasteiger partial charge in [-0.2, -0.15) is 0 Å². The molecule has 0 aromatic carbocycles. The Labute approximate surface area is 74.7 Å². The van der Waals surface area contributed by atoms with E-state index in [1.165, 1.54) is 0 Å². The van der Waals surface area contributed by atoms with Crippen molar-refractivity contribution in [2.75, 3.05) is 19.8 Å². The Bertz CT molecular complexity index is 91.9. The van der Waals surface area contributed by atoms with Crippen LogP contribution in [-0.2, 0) is 9.47 Å². The molecule has 1 rings (SSSR count). The molecular formula is C9H20O3. The van der Waals surface area contributed by atoms with Crippen LogP contribution in [0.25, 0.3) is 0 Å². The number of hydrogen-bond acceptors (Lipinski definition) is 3. The monoisotopic (exact) mass is 176 g/mol. The zero-order valence-corrected chi connectivity index (χ0v) is 8.30. The molecule has 0 atom stereocenters. The van der Waals surface area contributed by atoms with Gasteiger partial charge in [0, 0.05) is 6.61 Å². The van der Waals surface area contributed by atoms with Crippen LogP contribution in [0.2, 0.25) is 0 Å². The van der Waals surface area contributed by atoms with Crippen molar-refractivity contribution >= 4 is 0 Å². The fourth-order valence-electron chi connectivity index (χ4n) is 0.775. The van der Waals surface area contributed by atoms with E-state index in [0.29, 0.717) is 6.61 Å². The number of unbranched alkanes of at least 4 members (excludes halogenated alkanes) is 1. The predicted octanol–water partition coefficient (Wildman–Crippen LogP) is 1.55. The molecule has 1 saturated heterocycles. The molecule has 0 aromatic heterocycles. The van der Waals surface area contributed by atoms with Crippen LogP contribution < -0.4 is 0 Å². The van der Waals surface area contributed by atoms with Gasteiger partial charge in [-0.15, -0.1) is 0 Å². The minimum Gasteiger partial charge on any atom is -0.396 e. The molecule has 1 heterocycles. The van der Waals surface area contributed by atoms with Crippen LogP contribution in [-0.4, -0.2) is 30.7 Å². The highest BCUT2D eigenvalue weighted by molar-refractivity contribution is 4.58. The summed E-state index contributed by atoms with van der Waals surface area (Å²) in [6, 6.07) is 0. The SMILES string of the molecule is CC1(C)OCCO1.CCCCO. The number of aliphatic hydroxyl groups excluding tert-OH is 1. The van der Waals surface area contributed by atoms with Gasteiger partial charge in [-0.25, -0.2) is 0 Å². The van der Waals surface area contributed by atoms with Gasteiger partial charge in [-0.3, -0.25) is 0 Å². The van der Waals surface area contributed by atoms with Crippen molar-refractivity contribution in [1.29, 1.82) is 0 Å². The summed E-state index contributed by atoms with van der Waals surface area (Å²) < 4.78 is 10.2. The second-order valence-electron chi connectivity index (χ2n) is 3.17. The van der Waals surface area contributed by atoms with E-state index in [0.717, 1.165) is 26.1 Å². The summed E-state index contributed by atoms with van der Waals surface area (Å²) >= 11 is 0. The lowest BCUT2D eigenvalue weighted by Gasteiger charge is -2.13. The molecule has 3 nitrogen and oxygen atoms in total. The molecule has 0 saturated carbocycles. The molecule has 0 spiro atoms. The lowest BCUT2D eigenvalue weighted by molar-refractivity contribution is -0.125. The van der Waals surface area contributed by atoms with Crippen LogP contribution in [0.1, 0.15) is 33.6 Å². The fourth-order valence-corrected chi connectivity index (χ4v) is 0.775. The van der Waals surface area contributed by atoms with Crippen LogP contribution in [0.5, 0.6) is 0 Å². The van der Waals surface area contributed by atoms with Crippen molar-refractivity contribution in [3.05, 3.63) is 0 Å². The normalized spacial score (nSPS) is 20.0. The van der Waals surface area contributed by atoms with Gasteiger partial charge >= 0.3 is 0 Å². The largest absolute Gasteiger partial charge is 0.396 e. The van der Waals surface area contributed by atoms with E-state index in [4.69, 9.17) is 14.6 Å². The van der Waals surface area contributed by atoms with Crippen LogP contribution in [0.4, 0.5) is 0 Å². The Morgan fingerprint density at radius 3 is 1.83 bits per heavy atom. The molecule has 74 valence electrons. The molecule has 0 aliphatic carbocycles. The molecule has 12 heavy (non-hydrogen) atoms. The van der Waals surface area contributed by atoms with Crippen LogP contribution in [0, 0.1) is 0 Å². The Morgan fingerprint density at radius 2 is 1.75 bits per heavy atom. The van der Waals surface area contributed by atoms with Gasteiger partial charge < -0.3 is 14.6 Å². The van der Waals surface area contributed by atoms with Crippen molar-refractivity contribution in [3.63, 3.8) is 0 Å². The van der Waals surface area contributed by atoms with Crippen molar-refractivity contribution in [1.82, 2.24) is 0 Å². The van der Waals surface area contributed by atoms with Gasteiger partial charge in [0.25, 0.3) is 0 Å². The van der Waals surface area contributed by atoms with Gasteiger partial charge in [0.2, 0.25) is 0 Å². The van der Waals surface area contributed by atoms with Crippen molar-refractivity contribution in [2.24, 2.45) is 0 Å². The van der Waals surface area contributed by atoms with Crippen molar-refractivity contribution in [2.45, 2.75) is 39.4 Å². The third-order valence-corrected chi connectivity index (χ3v) is 1.49. The lowest BCUT2D eigenvalue weighted by Crippen LogP contribution is -2.18. The molecular weight excluding hydrogens is 156 g/mol. The van der Waals surface area contributed by atoms with E-state index in [1.54, 1.807) is 0 Å². The standard InChI is InChI=1S/C5H10O2.C4H10O/c1-5(2)6-3-4-7-5;1-2-3-4-5/h3-4H2,1-2H3;5H,2-4H2,1H3. The van der Waals surface area contributed by atoms with Crippen LogP contribution in [0.15, 0.2) is 0 Å². The summed E-state index contributed by atoms with van der Waals surface area (Å²) in [4.78, 5) is 0. The molecule has 1 N–H and O–H groups in total. The van der Waals surface area contributed by atoms with Crippen LogP contribution in [0.3, 0.4) is 0 Å². The van der Waals surface area contributed by atoms with Gasteiger partial charge in [0.05, 0.1) is 13.2 Å². The number of aliphatic hydroxyl groups is 1. The van der Waals surface area contributed by atoms with E-state index in [-0.39, 0.29) is 5.79 Å². The molecule has 0 unspecified atom stereocenters. The smallest absolute Gasteiger partial charge is 0.162 e.